The Morgan fingerprint density at radius 3 is 2.67 bits per heavy atom. The predicted molar refractivity (Wildman–Crippen MR) is 120 cm³/mol. The number of hydrogen-bond acceptors (Lipinski definition) is 7. The summed E-state index contributed by atoms with van der Waals surface area (Å²) >= 11 is 0. The fraction of sp³-hybridized carbons (Fsp3) is 0.417. The summed E-state index contributed by atoms with van der Waals surface area (Å²) in [5.74, 6) is -1.02. The van der Waals surface area contributed by atoms with Crippen LogP contribution < -0.4 is 11.1 Å². The van der Waals surface area contributed by atoms with Crippen molar-refractivity contribution in [2.45, 2.75) is 50.4 Å². The minimum absolute atomic E-state index is 0.200. The van der Waals surface area contributed by atoms with Crippen LogP contribution in [0.25, 0.3) is 0 Å². The van der Waals surface area contributed by atoms with Crippen LogP contribution in [0.2, 0.25) is 0 Å². The highest BCUT2D eigenvalue weighted by molar-refractivity contribution is 6.05. The summed E-state index contributed by atoms with van der Waals surface area (Å²) in [4.78, 5) is 45.0. The number of nitrogen functional groups attached to an aromatic ring is 1. The molecule has 3 aliphatic heterocycles. The van der Waals surface area contributed by atoms with E-state index in [1.54, 1.807) is 12.1 Å². The molecule has 0 radical (unpaired) electrons. The zero-order valence-electron chi connectivity index (χ0n) is 18.3. The van der Waals surface area contributed by atoms with Crippen molar-refractivity contribution < 1.29 is 19.5 Å². The molecule has 4 N–H and O–H groups in total. The molecule has 9 heteroatoms. The van der Waals surface area contributed by atoms with Crippen LogP contribution in [0.3, 0.4) is 0 Å². The Kier molecular flexibility index (Phi) is 5.38. The van der Waals surface area contributed by atoms with Gasteiger partial charge in [-0.1, -0.05) is 12.1 Å². The summed E-state index contributed by atoms with van der Waals surface area (Å²) < 4.78 is 0. The minimum atomic E-state index is -1.06. The molecule has 0 aliphatic carbocycles. The molecule has 2 aromatic rings. The van der Waals surface area contributed by atoms with Crippen LogP contribution in [0.5, 0.6) is 0 Å². The number of aliphatic hydroxyl groups is 1. The van der Waals surface area contributed by atoms with Crippen LogP contribution in [0.1, 0.15) is 53.0 Å². The van der Waals surface area contributed by atoms with Gasteiger partial charge in [-0.05, 0) is 49.1 Å². The molecule has 4 heterocycles. The molecule has 2 saturated heterocycles. The lowest BCUT2D eigenvalue weighted by molar-refractivity contribution is -0.136. The Labute approximate surface area is 191 Å². The second kappa shape index (κ2) is 8.24. The molecule has 5 rings (SSSR count). The summed E-state index contributed by atoms with van der Waals surface area (Å²) in [6.45, 7) is 2.40. The monoisotopic (exact) mass is 449 g/mol. The number of likely N-dealkylation sites (tertiary alicyclic amines) is 1. The Morgan fingerprint density at radius 1 is 1.15 bits per heavy atom. The van der Waals surface area contributed by atoms with E-state index in [1.807, 2.05) is 24.3 Å². The largest absolute Gasteiger partial charge is 0.399 e. The molecule has 0 bridgehead atoms. The number of hydrogen-bond donors (Lipinski definition) is 3. The molecule has 3 aliphatic rings. The molecule has 172 valence electrons. The molecular weight excluding hydrogens is 422 g/mol. The normalized spacial score (nSPS) is 22.9. The van der Waals surface area contributed by atoms with Crippen LogP contribution in [-0.4, -0.2) is 56.7 Å². The smallest absolute Gasteiger partial charge is 0.256 e. The number of piperidine rings is 2. The number of amides is 3. The highest BCUT2D eigenvalue weighted by Crippen LogP contribution is 2.35. The van der Waals surface area contributed by atoms with Gasteiger partial charge in [-0.2, -0.15) is 0 Å². The number of aromatic nitrogens is 1. The summed E-state index contributed by atoms with van der Waals surface area (Å²) in [6.07, 6.45) is 1.59. The first-order valence-electron chi connectivity index (χ1n) is 11.3. The lowest BCUT2D eigenvalue weighted by Gasteiger charge is -2.38. The Morgan fingerprint density at radius 2 is 1.94 bits per heavy atom. The number of fused-ring (bicyclic) bond motifs is 1. The third kappa shape index (κ3) is 4.09. The maximum Gasteiger partial charge on any atom is 0.256 e. The first-order chi connectivity index (χ1) is 15.8. The zero-order valence-corrected chi connectivity index (χ0v) is 18.3. The van der Waals surface area contributed by atoms with E-state index in [1.165, 1.54) is 4.90 Å². The van der Waals surface area contributed by atoms with Crippen LogP contribution in [-0.2, 0) is 28.3 Å². The van der Waals surface area contributed by atoms with E-state index in [4.69, 9.17) is 5.73 Å². The number of pyridine rings is 1. The molecule has 1 atom stereocenters. The molecule has 33 heavy (non-hydrogen) atoms. The molecule has 0 spiro atoms. The van der Waals surface area contributed by atoms with Gasteiger partial charge in [0, 0.05) is 31.7 Å². The van der Waals surface area contributed by atoms with Crippen molar-refractivity contribution in [1.29, 1.82) is 0 Å². The number of anilines is 1. The van der Waals surface area contributed by atoms with E-state index in [0.29, 0.717) is 49.3 Å². The number of carbonyl (C=O) groups excluding carboxylic acids is 3. The number of nitrogens with two attached hydrogens (primary N) is 1. The highest BCUT2D eigenvalue weighted by atomic mass is 16.3. The van der Waals surface area contributed by atoms with E-state index in [2.05, 4.69) is 15.2 Å². The third-order valence-corrected chi connectivity index (χ3v) is 6.89. The van der Waals surface area contributed by atoms with Crippen molar-refractivity contribution in [2.75, 3.05) is 18.8 Å². The van der Waals surface area contributed by atoms with Crippen LogP contribution in [0.4, 0.5) is 5.69 Å². The molecule has 0 saturated carbocycles. The van der Waals surface area contributed by atoms with Gasteiger partial charge in [0.25, 0.3) is 5.91 Å². The lowest BCUT2D eigenvalue weighted by atomic mass is 9.87. The topological polar surface area (TPSA) is 129 Å². The molecule has 9 nitrogen and oxygen atoms in total. The third-order valence-electron chi connectivity index (χ3n) is 6.89. The molecule has 3 amide bonds. The van der Waals surface area contributed by atoms with E-state index in [9.17, 15) is 19.5 Å². The molecule has 1 aromatic carbocycles. The van der Waals surface area contributed by atoms with Crippen molar-refractivity contribution in [1.82, 2.24) is 20.1 Å². The van der Waals surface area contributed by atoms with Crippen LogP contribution in [0.15, 0.2) is 36.4 Å². The molecular formula is C24H27N5O4. The van der Waals surface area contributed by atoms with Gasteiger partial charge in [0.05, 0.1) is 23.5 Å². The summed E-state index contributed by atoms with van der Waals surface area (Å²) in [7, 11) is 0. The van der Waals surface area contributed by atoms with Gasteiger partial charge >= 0.3 is 0 Å². The van der Waals surface area contributed by atoms with Crippen LogP contribution in [0, 0.1) is 0 Å². The van der Waals surface area contributed by atoms with E-state index < -0.39 is 17.6 Å². The zero-order chi connectivity index (χ0) is 23.2. The van der Waals surface area contributed by atoms with Crippen molar-refractivity contribution in [3.05, 3.63) is 58.9 Å². The van der Waals surface area contributed by atoms with Crippen LogP contribution >= 0.6 is 0 Å². The molecule has 1 aromatic heterocycles. The number of nitrogens with zero attached hydrogens (tertiary/aromatic N) is 3. The van der Waals surface area contributed by atoms with Gasteiger partial charge in [-0.25, -0.2) is 0 Å². The number of nitrogens with one attached hydrogen (secondary N) is 1. The highest BCUT2D eigenvalue weighted by Gasteiger charge is 2.41. The van der Waals surface area contributed by atoms with E-state index >= 15 is 0 Å². The SMILES string of the molecule is Nc1cccc(CN2CCC(O)(c3ccc4c(n3)CN(C3CCC(=O)NC3=O)C4=O)CC2)c1. The minimum Gasteiger partial charge on any atom is -0.399 e. The van der Waals surface area contributed by atoms with Crippen molar-refractivity contribution in [2.24, 2.45) is 0 Å². The number of benzene rings is 1. The van der Waals surface area contributed by atoms with Gasteiger partial charge in [-0.3, -0.25) is 29.6 Å². The summed E-state index contributed by atoms with van der Waals surface area (Å²) in [6, 6.07) is 10.6. The first-order valence-corrected chi connectivity index (χ1v) is 11.3. The van der Waals surface area contributed by atoms with E-state index in [0.717, 1.165) is 17.8 Å². The average Bonchev–Trinajstić information content (AvgIpc) is 3.11. The second-order valence-electron chi connectivity index (χ2n) is 9.14. The standard InChI is InChI=1S/C24H27N5O4/c25-16-3-1-2-15(12-16)13-28-10-8-24(33,9-11-28)20-6-4-17-18(26-20)14-29(23(17)32)19-5-7-21(30)27-22(19)31/h1-4,6,12,19,33H,5,7-11,13-14,25H2,(H,27,30,31). The first kappa shape index (κ1) is 21.5. The number of carbonyl (C=O) groups is 3. The van der Waals surface area contributed by atoms with Gasteiger partial charge in [0.1, 0.15) is 11.6 Å². The van der Waals surface area contributed by atoms with Gasteiger partial charge in [0.2, 0.25) is 11.8 Å². The Balaban J connectivity index is 1.27. The fourth-order valence-electron chi connectivity index (χ4n) is 4.98. The Hall–Kier alpha value is -3.30. The maximum absolute atomic E-state index is 12.9. The number of rotatable bonds is 4. The van der Waals surface area contributed by atoms with Crippen molar-refractivity contribution in [3.8, 4) is 0 Å². The summed E-state index contributed by atoms with van der Waals surface area (Å²) in [5.41, 5.74) is 8.27. The van der Waals surface area contributed by atoms with Gasteiger partial charge < -0.3 is 15.7 Å². The average molecular weight is 450 g/mol. The second-order valence-corrected chi connectivity index (χ2v) is 9.14. The van der Waals surface area contributed by atoms with E-state index in [-0.39, 0.29) is 24.8 Å². The summed E-state index contributed by atoms with van der Waals surface area (Å²) in [5, 5.41) is 13.6. The van der Waals surface area contributed by atoms with Crippen molar-refractivity contribution >= 4 is 23.4 Å². The molecule has 2 fully saturated rings. The molecule has 1 unspecified atom stereocenters. The van der Waals surface area contributed by atoms with Gasteiger partial charge in [-0.15, -0.1) is 0 Å². The quantitative estimate of drug-likeness (QED) is 0.467. The lowest BCUT2D eigenvalue weighted by Crippen LogP contribution is -2.52. The predicted octanol–water partition coefficient (Wildman–Crippen LogP) is 0.908. The Bertz CT molecular complexity index is 1130. The maximum atomic E-state index is 12.9. The number of imide groups is 1. The fourth-order valence-corrected chi connectivity index (χ4v) is 4.98. The van der Waals surface area contributed by atoms with Crippen molar-refractivity contribution in [3.63, 3.8) is 0 Å². The van der Waals surface area contributed by atoms with Gasteiger partial charge in [0.15, 0.2) is 0 Å².